The summed E-state index contributed by atoms with van der Waals surface area (Å²) in [5.74, 6) is 3.06. The predicted molar refractivity (Wildman–Crippen MR) is 128 cm³/mol. The van der Waals surface area contributed by atoms with Crippen LogP contribution in [0.5, 0.6) is 0 Å². The number of anilines is 1. The first-order valence-electron chi connectivity index (χ1n) is 8.88. The third-order valence-corrected chi connectivity index (χ3v) is 7.26. The van der Waals surface area contributed by atoms with E-state index in [0.717, 1.165) is 16.7 Å². The van der Waals surface area contributed by atoms with Crippen LogP contribution < -0.4 is 5.09 Å². The molecule has 3 aromatic rings. The topological polar surface area (TPSA) is 29.1 Å². The maximum atomic E-state index is 13.9. The first-order chi connectivity index (χ1) is 13.9. The number of hydrogen-bond donors (Lipinski definition) is 1. The highest BCUT2D eigenvalue weighted by atomic mass is 35.5. The minimum absolute atomic E-state index is 0.377. The number of rotatable bonds is 6. The van der Waals surface area contributed by atoms with E-state index in [-0.39, 0.29) is 0 Å². The van der Waals surface area contributed by atoms with Gasteiger partial charge in [0, 0.05) is 22.3 Å². The summed E-state index contributed by atoms with van der Waals surface area (Å²) < 4.78 is 13.9. The lowest BCUT2D eigenvalue weighted by Gasteiger charge is -2.17. The third-order valence-electron chi connectivity index (χ3n) is 4.19. The van der Waals surface area contributed by atoms with E-state index >= 15 is 0 Å². The highest BCUT2D eigenvalue weighted by Crippen LogP contribution is 2.54. The van der Waals surface area contributed by atoms with E-state index < -0.39 is 7.29 Å². The molecule has 0 saturated carbocycles. The van der Waals surface area contributed by atoms with Gasteiger partial charge >= 0.3 is 0 Å². The molecule has 0 saturated heterocycles. The molecule has 0 heterocycles. The lowest BCUT2D eigenvalue weighted by atomic mass is 10.2. The van der Waals surface area contributed by atoms with Crippen molar-refractivity contribution >= 4 is 57.8 Å². The van der Waals surface area contributed by atoms with Gasteiger partial charge < -0.3 is 5.09 Å². The van der Waals surface area contributed by atoms with Gasteiger partial charge in [-0.25, -0.2) is 0 Å². The molecule has 0 aliphatic heterocycles. The average Bonchev–Trinajstić information content (AvgIpc) is 2.71. The molecule has 0 aromatic heterocycles. The van der Waals surface area contributed by atoms with Crippen LogP contribution in [0.25, 0.3) is 10.1 Å². The van der Waals surface area contributed by atoms with E-state index in [9.17, 15) is 4.57 Å². The molecular weight excluding hydrogens is 444 g/mol. The van der Waals surface area contributed by atoms with E-state index in [0.29, 0.717) is 20.8 Å². The van der Waals surface area contributed by atoms with Crippen molar-refractivity contribution in [3.63, 3.8) is 0 Å². The summed E-state index contributed by atoms with van der Waals surface area (Å²) >= 11 is 19.1. The monoisotopic (exact) mass is 461 g/mol. The average molecular weight is 463 g/mol. The Morgan fingerprint density at radius 3 is 1.76 bits per heavy atom. The number of aryl methyl sites for hydroxylation is 1. The number of benzene rings is 3. The summed E-state index contributed by atoms with van der Waals surface area (Å²) in [5.41, 5.74) is 3.10. The smallest absolute Gasteiger partial charge is 0.216 e. The van der Waals surface area contributed by atoms with E-state index in [2.05, 4.69) is 5.09 Å². The van der Waals surface area contributed by atoms with E-state index in [1.807, 2.05) is 67.6 Å². The van der Waals surface area contributed by atoms with E-state index in [4.69, 9.17) is 34.8 Å². The van der Waals surface area contributed by atoms with Crippen molar-refractivity contribution in [2.75, 3.05) is 5.09 Å². The van der Waals surface area contributed by atoms with Crippen LogP contribution in [0.3, 0.4) is 0 Å². The van der Waals surface area contributed by atoms with E-state index in [1.54, 1.807) is 18.2 Å². The van der Waals surface area contributed by atoms with Crippen LogP contribution in [0, 0.1) is 6.92 Å². The minimum Gasteiger partial charge on any atom is -0.330 e. The Morgan fingerprint density at radius 2 is 1.31 bits per heavy atom. The Balaban J connectivity index is 2.06. The molecule has 0 fully saturated rings. The molecule has 29 heavy (non-hydrogen) atoms. The standard InChI is InChI=1S/C23H19Cl3NOP/c1-17-14-20(24)12-13-23(17)27-29(28,15-21(25)18-8-4-2-5-9-18)16-22(26)19-10-6-3-7-11-19/h2-16H,1H3,(H,27,28)/b21-15+,22-16?. The largest absolute Gasteiger partial charge is 0.330 e. The van der Waals surface area contributed by atoms with Gasteiger partial charge in [-0.1, -0.05) is 95.5 Å². The van der Waals surface area contributed by atoms with Crippen LogP contribution in [0.15, 0.2) is 90.5 Å². The highest BCUT2D eigenvalue weighted by molar-refractivity contribution is 7.72. The lowest BCUT2D eigenvalue weighted by molar-refractivity contribution is 0.589. The Labute approximate surface area is 186 Å². The molecule has 148 valence electrons. The summed E-state index contributed by atoms with van der Waals surface area (Å²) in [5, 5.41) is 4.49. The summed E-state index contributed by atoms with van der Waals surface area (Å²) in [6.45, 7) is 1.89. The second kappa shape index (κ2) is 9.69. The summed E-state index contributed by atoms with van der Waals surface area (Å²) in [7, 11) is -3.31. The van der Waals surface area contributed by atoms with Gasteiger partial charge in [-0.2, -0.15) is 0 Å². The van der Waals surface area contributed by atoms with E-state index in [1.165, 1.54) is 11.6 Å². The first kappa shape index (κ1) is 21.7. The molecular formula is C23H19Cl3NOP. The molecule has 1 atom stereocenters. The molecule has 3 aromatic carbocycles. The molecule has 1 N–H and O–H groups in total. The molecule has 0 spiro atoms. The lowest BCUT2D eigenvalue weighted by Crippen LogP contribution is -1.96. The van der Waals surface area contributed by atoms with Crippen molar-refractivity contribution in [2.24, 2.45) is 0 Å². The van der Waals surface area contributed by atoms with Gasteiger partial charge in [-0.3, -0.25) is 4.57 Å². The maximum Gasteiger partial charge on any atom is 0.216 e. The zero-order valence-electron chi connectivity index (χ0n) is 15.6. The fourth-order valence-electron chi connectivity index (χ4n) is 2.72. The Morgan fingerprint density at radius 1 is 0.828 bits per heavy atom. The zero-order valence-corrected chi connectivity index (χ0v) is 18.8. The van der Waals surface area contributed by atoms with Crippen LogP contribution in [-0.2, 0) is 4.57 Å². The van der Waals surface area contributed by atoms with Crippen LogP contribution in [0.1, 0.15) is 16.7 Å². The second-order valence-electron chi connectivity index (χ2n) is 6.47. The SMILES string of the molecule is Cc1cc(Cl)ccc1NP(=O)(C=C(Cl)c1ccccc1)/C=C(/Cl)c1ccccc1. The van der Waals surface area contributed by atoms with Crippen LogP contribution >= 0.6 is 42.1 Å². The molecule has 3 rings (SSSR count). The van der Waals surface area contributed by atoms with Gasteiger partial charge in [-0.15, -0.1) is 0 Å². The number of hydrogen-bond acceptors (Lipinski definition) is 1. The Kier molecular flexibility index (Phi) is 7.27. The molecule has 0 aliphatic rings. The summed E-state index contributed by atoms with van der Waals surface area (Å²) in [6, 6.07) is 24.1. The van der Waals surface area contributed by atoms with Gasteiger partial charge in [0.15, 0.2) is 0 Å². The van der Waals surface area contributed by atoms with Crippen LogP contribution in [0.4, 0.5) is 5.69 Å². The normalized spacial score (nSPS) is 14.3. The molecule has 0 radical (unpaired) electrons. The molecule has 0 bridgehead atoms. The second-order valence-corrected chi connectivity index (χ2v) is 9.88. The molecule has 0 amide bonds. The van der Waals surface area contributed by atoms with Crippen molar-refractivity contribution in [1.29, 1.82) is 0 Å². The third kappa shape index (κ3) is 6.01. The van der Waals surface area contributed by atoms with Crippen molar-refractivity contribution < 1.29 is 4.57 Å². The summed E-state index contributed by atoms with van der Waals surface area (Å²) in [4.78, 5) is 0. The minimum atomic E-state index is -3.31. The van der Waals surface area contributed by atoms with Gasteiger partial charge in [-0.05, 0) is 41.8 Å². The number of halogens is 3. The Bertz CT molecular complexity index is 1040. The Hall–Kier alpha value is -1.96. The van der Waals surface area contributed by atoms with Gasteiger partial charge in [0.25, 0.3) is 0 Å². The molecule has 2 nitrogen and oxygen atoms in total. The molecule has 1 unspecified atom stereocenters. The van der Waals surface area contributed by atoms with Crippen LogP contribution in [0.2, 0.25) is 5.02 Å². The quantitative estimate of drug-likeness (QED) is 0.371. The number of nitrogens with one attached hydrogen (secondary N) is 1. The molecule has 0 aliphatic carbocycles. The van der Waals surface area contributed by atoms with Crippen molar-refractivity contribution in [3.05, 3.63) is 112 Å². The van der Waals surface area contributed by atoms with Crippen molar-refractivity contribution in [1.82, 2.24) is 0 Å². The predicted octanol–water partition coefficient (Wildman–Crippen LogP) is 8.81. The summed E-state index contributed by atoms with van der Waals surface area (Å²) in [6.07, 6.45) is 0. The van der Waals surface area contributed by atoms with Gasteiger partial charge in [0.05, 0.1) is 10.1 Å². The van der Waals surface area contributed by atoms with Crippen LogP contribution in [-0.4, -0.2) is 0 Å². The first-order valence-corrected chi connectivity index (χ1v) is 11.9. The van der Waals surface area contributed by atoms with Crippen molar-refractivity contribution in [3.8, 4) is 0 Å². The fourth-order valence-corrected chi connectivity index (χ4v) is 5.87. The maximum absolute atomic E-state index is 13.9. The van der Waals surface area contributed by atoms with Gasteiger partial charge in [0.2, 0.25) is 7.29 Å². The molecule has 6 heteroatoms. The van der Waals surface area contributed by atoms with Gasteiger partial charge in [0.1, 0.15) is 0 Å². The fraction of sp³-hybridized carbons (Fsp3) is 0.0435. The highest BCUT2D eigenvalue weighted by Gasteiger charge is 2.20. The van der Waals surface area contributed by atoms with Crippen molar-refractivity contribution in [2.45, 2.75) is 6.92 Å². The zero-order chi connectivity index (χ0) is 20.9.